The van der Waals surface area contributed by atoms with E-state index in [1.54, 1.807) is 4.90 Å². The first-order chi connectivity index (χ1) is 9.25. The van der Waals surface area contributed by atoms with E-state index in [0.29, 0.717) is 6.54 Å². The zero-order chi connectivity index (χ0) is 13.5. The largest absolute Gasteiger partial charge is 0.332 e. The molecular formula is C16H17NOS. The predicted molar refractivity (Wildman–Crippen MR) is 81.0 cm³/mol. The highest BCUT2D eigenvalue weighted by Crippen LogP contribution is 2.16. The van der Waals surface area contributed by atoms with Crippen molar-refractivity contribution in [1.29, 1.82) is 0 Å². The standard InChI is InChI=1S/C16H17NOS/c1-17(12-14-8-4-2-5-9-14)16(18)19-13-15-10-6-3-7-11-15/h2-11H,12-13H2,1H3. The Hall–Kier alpha value is -1.74. The summed E-state index contributed by atoms with van der Waals surface area (Å²) in [4.78, 5) is 13.8. The Labute approximate surface area is 118 Å². The molecule has 0 saturated heterocycles. The molecule has 3 heteroatoms. The molecule has 0 bridgehead atoms. The van der Waals surface area contributed by atoms with E-state index >= 15 is 0 Å². The van der Waals surface area contributed by atoms with Gasteiger partial charge in [-0.15, -0.1) is 0 Å². The van der Waals surface area contributed by atoms with E-state index in [4.69, 9.17) is 0 Å². The monoisotopic (exact) mass is 271 g/mol. The molecule has 0 aliphatic carbocycles. The van der Waals surface area contributed by atoms with Crippen LogP contribution < -0.4 is 0 Å². The van der Waals surface area contributed by atoms with E-state index in [0.717, 1.165) is 11.3 Å². The van der Waals surface area contributed by atoms with Gasteiger partial charge in [-0.25, -0.2) is 0 Å². The Bertz CT molecular complexity index is 513. The lowest BCUT2D eigenvalue weighted by molar-refractivity contribution is 0.232. The summed E-state index contributed by atoms with van der Waals surface area (Å²) >= 11 is 1.34. The first-order valence-electron chi connectivity index (χ1n) is 6.21. The molecule has 1 amide bonds. The molecule has 2 nitrogen and oxygen atoms in total. The molecule has 0 aromatic heterocycles. The van der Waals surface area contributed by atoms with Crippen molar-refractivity contribution in [3.63, 3.8) is 0 Å². The quantitative estimate of drug-likeness (QED) is 0.831. The number of benzene rings is 2. The van der Waals surface area contributed by atoms with Crippen LogP contribution >= 0.6 is 11.8 Å². The molecule has 98 valence electrons. The molecular weight excluding hydrogens is 254 g/mol. The summed E-state index contributed by atoms with van der Waals surface area (Å²) < 4.78 is 0. The zero-order valence-electron chi connectivity index (χ0n) is 11.0. The first-order valence-corrected chi connectivity index (χ1v) is 7.20. The maximum atomic E-state index is 12.0. The average Bonchev–Trinajstić information content (AvgIpc) is 2.47. The maximum Gasteiger partial charge on any atom is 0.281 e. The lowest BCUT2D eigenvalue weighted by Gasteiger charge is -2.16. The van der Waals surface area contributed by atoms with Gasteiger partial charge < -0.3 is 4.90 Å². The Morgan fingerprint density at radius 1 is 0.947 bits per heavy atom. The highest BCUT2D eigenvalue weighted by molar-refractivity contribution is 8.12. The molecule has 0 fully saturated rings. The lowest BCUT2D eigenvalue weighted by Crippen LogP contribution is -2.22. The van der Waals surface area contributed by atoms with Crippen molar-refractivity contribution in [2.75, 3.05) is 7.05 Å². The van der Waals surface area contributed by atoms with Crippen LogP contribution in [-0.2, 0) is 12.3 Å². The van der Waals surface area contributed by atoms with Crippen molar-refractivity contribution in [3.05, 3.63) is 71.8 Å². The van der Waals surface area contributed by atoms with Gasteiger partial charge in [-0.1, -0.05) is 72.4 Å². The normalized spacial score (nSPS) is 10.2. The molecule has 19 heavy (non-hydrogen) atoms. The first kappa shape index (κ1) is 13.7. The van der Waals surface area contributed by atoms with E-state index < -0.39 is 0 Å². The number of hydrogen-bond donors (Lipinski definition) is 0. The van der Waals surface area contributed by atoms with Gasteiger partial charge in [-0.3, -0.25) is 4.79 Å². The van der Waals surface area contributed by atoms with Crippen molar-refractivity contribution in [3.8, 4) is 0 Å². The van der Waals surface area contributed by atoms with Gasteiger partial charge in [0.1, 0.15) is 0 Å². The Balaban J connectivity index is 1.83. The smallest absolute Gasteiger partial charge is 0.281 e. The number of hydrogen-bond acceptors (Lipinski definition) is 2. The Kier molecular flexibility index (Phi) is 5.04. The fourth-order valence-corrected chi connectivity index (χ4v) is 2.52. The number of nitrogens with zero attached hydrogens (tertiary/aromatic N) is 1. The minimum atomic E-state index is 0.104. The second kappa shape index (κ2) is 7.00. The third-order valence-electron chi connectivity index (χ3n) is 2.78. The van der Waals surface area contributed by atoms with Crippen molar-refractivity contribution >= 4 is 17.0 Å². The van der Waals surface area contributed by atoms with Crippen LogP contribution in [0.3, 0.4) is 0 Å². The second-order valence-corrected chi connectivity index (χ2v) is 5.31. The third kappa shape index (κ3) is 4.45. The van der Waals surface area contributed by atoms with Crippen LogP contribution in [0.2, 0.25) is 0 Å². The summed E-state index contributed by atoms with van der Waals surface area (Å²) in [6.45, 7) is 0.654. The number of thioether (sulfide) groups is 1. The molecule has 0 aliphatic heterocycles. The summed E-state index contributed by atoms with van der Waals surface area (Å²) in [5, 5.41) is 0.104. The minimum absolute atomic E-state index is 0.104. The Morgan fingerprint density at radius 3 is 2.05 bits per heavy atom. The van der Waals surface area contributed by atoms with E-state index in [9.17, 15) is 4.79 Å². The molecule has 0 unspecified atom stereocenters. The minimum Gasteiger partial charge on any atom is -0.332 e. The van der Waals surface area contributed by atoms with Crippen LogP contribution in [0.5, 0.6) is 0 Å². The van der Waals surface area contributed by atoms with Crippen LogP contribution in [0.4, 0.5) is 4.79 Å². The zero-order valence-corrected chi connectivity index (χ0v) is 11.8. The molecule has 0 radical (unpaired) electrons. The van der Waals surface area contributed by atoms with Gasteiger partial charge in [0, 0.05) is 19.3 Å². The highest BCUT2D eigenvalue weighted by atomic mass is 32.2. The number of carbonyl (C=O) groups is 1. The van der Waals surface area contributed by atoms with Crippen LogP contribution in [0.15, 0.2) is 60.7 Å². The summed E-state index contributed by atoms with van der Waals surface area (Å²) in [5.74, 6) is 0.721. The maximum absolute atomic E-state index is 12.0. The van der Waals surface area contributed by atoms with Gasteiger partial charge >= 0.3 is 0 Å². The Morgan fingerprint density at radius 2 is 1.47 bits per heavy atom. The SMILES string of the molecule is CN(Cc1ccccc1)C(=O)SCc1ccccc1. The molecule has 2 rings (SSSR count). The molecule has 0 saturated carbocycles. The summed E-state index contributed by atoms with van der Waals surface area (Å²) in [7, 11) is 1.84. The van der Waals surface area contributed by atoms with Crippen LogP contribution in [0.1, 0.15) is 11.1 Å². The van der Waals surface area contributed by atoms with E-state index in [1.807, 2.05) is 67.7 Å². The topological polar surface area (TPSA) is 20.3 Å². The van der Waals surface area contributed by atoms with E-state index in [1.165, 1.54) is 17.3 Å². The molecule has 0 aliphatic rings. The summed E-state index contributed by atoms with van der Waals surface area (Å²) in [6, 6.07) is 20.1. The fourth-order valence-electron chi connectivity index (χ4n) is 1.75. The fraction of sp³-hybridized carbons (Fsp3) is 0.188. The van der Waals surface area contributed by atoms with Gasteiger partial charge in [-0.2, -0.15) is 0 Å². The summed E-state index contributed by atoms with van der Waals surface area (Å²) in [5.41, 5.74) is 2.33. The molecule has 0 spiro atoms. The number of carbonyl (C=O) groups excluding carboxylic acids is 1. The van der Waals surface area contributed by atoms with Crippen molar-refractivity contribution in [2.24, 2.45) is 0 Å². The van der Waals surface area contributed by atoms with Crippen LogP contribution in [0.25, 0.3) is 0 Å². The summed E-state index contributed by atoms with van der Waals surface area (Å²) in [6.07, 6.45) is 0. The predicted octanol–water partition coefficient (Wildman–Crippen LogP) is 4.17. The van der Waals surface area contributed by atoms with Gasteiger partial charge in [0.15, 0.2) is 0 Å². The van der Waals surface area contributed by atoms with Crippen molar-refractivity contribution in [2.45, 2.75) is 12.3 Å². The molecule has 2 aromatic carbocycles. The van der Waals surface area contributed by atoms with Crippen LogP contribution in [-0.4, -0.2) is 17.2 Å². The number of amides is 1. The van der Waals surface area contributed by atoms with Crippen molar-refractivity contribution < 1.29 is 4.79 Å². The van der Waals surface area contributed by atoms with Gasteiger partial charge in [0.25, 0.3) is 5.24 Å². The highest BCUT2D eigenvalue weighted by Gasteiger charge is 2.09. The third-order valence-corrected chi connectivity index (χ3v) is 3.82. The molecule has 2 aromatic rings. The second-order valence-electron chi connectivity index (χ2n) is 4.38. The van der Waals surface area contributed by atoms with Crippen LogP contribution in [0, 0.1) is 0 Å². The van der Waals surface area contributed by atoms with E-state index in [2.05, 4.69) is 0 Å². The lowest BCUT2D eigenvalue weighted by atomic mass is 10.2. The van der Waals surface area contributed by atoms with Gasteiger partial charge in [0.05, 0.1) is 0 Å². The van der Waals surface area contributed by atoms with E-state index in [-0.39, 0.29) is 5.24 Å². The van der Waals surface area contributed by atoms with Gasteiger partial charge in [0.2, 0.25) is 0 Å². The van der Waals surface area contributed by atoms with Crippen molar-refractivity contribution in [1.82, 2.24) is 4.90 Å². The molecule has 0 N–H and O–H groups in total. The number of rotatable bonds is 4. The van der Waals surface area contributed by atoms with Gasteiger partial charge in [-0.05, 0) is 11.1 Å². The molecule has 0 heterocycles. The molecule has 0 atom stereocenters. The average molecular weight is 271 g/mol.